The van der Waals surface area contributed by atoms with E-state index in [0.717, 1.165) is 5.56 Å². The summed E-state index contributed by atoms with van der Waals surface area (Å²) in [5.41, 5.74) is 1.03. The Morgan fingerprint density at radius 3 is 1.33 bits per heavy atom. The van der Waals surface area contributed by atoms with Crippen molar-refractivity contribution in [1.82, 2.24) is 0 Å². The van der Waals surface area contributed by atoms with Crippen molar-refractivity contribution in [1.29, 1.82) is 0 Å². The summed E-state index contributed by atoms with van der Waals surface area (Å²) in [6, 6.07) is 42.8. The van der Waals surface area contributed by atoms with Gasteiger partial charge in [-0.15, -0.1) is 0 Å². The van der Waals surface area contributed by atoms with Gasteiger partial charge in [0.1, 0.15) is 23.2 Å². The van der Waals surface area contributed by atoms with E-state index >= 15 is 0 Å². The molecule has 144 valence electrons. The van der Waals surface area contributed by atoms with Crippen LogP contribution in [0.5, 0.6) is 0 Å². The number of rotatable bonds is 4. The normalized spacial score (nSPS) is 11.4. The molecule has 0 amide bonds. The molecule has 0 N–H and O–H groups in total. The Labute approximate surface area is 180 Å². The zero-order chi connectivity index (χ0) is 20.7. The average molecular weight is 403 g/mol. The van der Waals surface area contributed by atoms with Gasteiger partial charge in [-0.25, -0.2) is 0 Å². The number of benzene rings is 4. The second kappa shape index (κ2) is 9.41. The van der Waals surface area contributed by atoms with Crippen LogP contribution in [-0.4, -0.2) is 0 Å². The van der Waals surface area contributed by atoms with Crippen LogP contribution in [0.4, 0.5) is 0 Å². The van der Waals surface area contributed by atoms with Crippen molar-refractivity contribution in [3.05, 3.63) is 138 Å². The highest BCUT2D eigenvalue weighted by molar-refractivity contribution is 7.99. The zero-order valence-electron chi connectivity index (χ0n) is 17.1. The molecule has 0 saturated heterocycles. The van der Waals surface area contributed by atoms with Gasteiger partial charge in [-0.3, -0.25) is 0 Å². The van der Waals surface area contributed by atoms with Gasteiger partial charge in [0.15, 0.2) is 0 Å². The molecular weight excluding hydrogens is 379 g/mol. The Balaban J connectivity index is 1.95. The lowest BCUT2D eigenvalue weighted by Crippen LogP contribution is -2.31. The first-order chi connectivity index (χ1) is 14.8. The summed E-state index contributed by atoms with van der Waals surface area (Å²) in [6.45, 7) is 2.24. The number of allylic oxidation sites excluding steroid dienone is 2. The summed E-state index contributed by atoms with van der Waals surface area (Å²) in [4.78, 5) is 0. The van der Waals surface area contributed by atoms with Crippen LogP contribution in [0.25, 0.3) is 0 Å². The summed E-state index contributed by atoms with van der Waals surface area (Å²) in [5, 5.41) is 5.34. The van der Waals surface area contributed by atoms with Crippen LogP contribution < -0.4 is 15.9 Å². The summed E-state index contributed by atoms with van der Waals surface area (Å²) < 4.78 is 0. The van der Waals surface area contributed by atoms with Crippen molar-refractivity contribution in [2.24, 2.45) is 0 Å². The Hall–Kier alpha value is -3.39. The lowest BCUT2D eigenvalue weighted by atomic mass is 10.2. The highest BCUT2D eigenvalue weighted by Gasteiger charge is 2.47. The predicted molar refractivity (Wildman–Crippen MR) is 132 cm³/mol. The Bertz CT molecular complexity index is 1070. The fraction of sp³-hybridized carbons (Fsp3) is 0.0345. The molecule has 0 aliphatic rings. The number of hydrogen-bond donors (Lipinski definition) is 0. The van der Waals surface area contributed by atoms with Crippen LogP contribution >= 0.6 is 7.26 Å². The molecule has 1 heteroatoms. The maximum atomic E-state index is 3.33. The molecule has 0 atom stereocenters. The van der Waals surface area contributed by atoms with Gasteiger partial charge in [0.2, 0.25) is 0 Å². The van der Waals surface area contributed by atoms with Gasteiger partial charge in [0, 0.05) is 11.6 Å². The minimum Gasteiger partial charge on any atom is -0.0658 e. The molecule has 0 spiro atoms. The van der Waals surface area contributed by atoms with Gasteiger partial charge in [0.05, 0.1) is 5.31 Å². The maximum absolute atomic E-state index is 3.33. The van der Waals surface area contributed by atoms with E-state index in [0.29, 0.717) is 0 Å². The van der Waals surface area contributed by atoms with Crippen LogP contribution in [0.3, 0.4) is 0 Å². The fourth-order valence-electron chi connectivity index (χ4n) is 3.86. The molecule has 0 nitrogen and oxygen atoms in total. The highest BCUT2D eigenvalue weighted by atomic mass is 31.2. The second-order valence-electron chi connectivity index (χ2n) is 7.10. The molecule has 0 aromatic heterocycles. The summed E-state index contributed by atoms with van der Waals surface area (Å²) >= 11 is 0. The molecule has 0 unspecified atom stereocenters. The van der Waals surface area contributed by atoms with E-state index < -0.39 is 7.26 Å². The molecule has 4 rings (SSSR count). The first-order valence-corrected chi connectivity index (χ1v) is 11.9. The highest BCUT2D eigenvalue weighted by Crippen LogP contribution is 2.62. The standard InChI is InChI=1S/C29H24P/c1-25(15-14-18-26-16-6-2-7-17-26)30(27-19-8-3-9-20-27,28-21-10-4-11-22-28)29-23-12-5-13-24-29/h2-13,15-17,19-24H,1H3/q+1/b25-15+. The lowest BCUT2D eigenvalue weighted by Gasteiger charge is -2.27. The molecule has 0 aliphatic heterocycles. The SMILES string of the molecule is C/C(=C\C#Cc1ccccc1)[P+](c1ccccc1)(c1ccccc1)c1ccccc1. The topological polar surface area (TPSA) is 0 Å². The van der Waals surface area contributed by atoms with Crippen molar-refractivity contribution in [3.63, 3.8) is 0 Å². The van der Waals surface area contributed by atoms with Crippen LogP contribution in [0.15, 0.2) is 133 Å². The monoisotopic (exact) mass is 403 g/mol. The van der Waals surface area contributed by atoms with E-state index in [-0.39, 0.29) is 0 Å². The van der Waals surface area contributed by atoms with E-state index in [1.807, 2.05) is 30.3 Å². The van der Waals surface area contributed by atoms with Crippen molar-refractivity contribution in [2.45, 2.75) is 6.92 Å². The average Bonchev–Trinajstić information content (AvgIpc) is 2.82. The van der Waals surface area contributed by atoms with Gasteiger partial charge in [-0.1, -0.05) is 84.6 Å². The van der Waals surface area contributed by atoms with Gasteiger partial charge < -0.3 is 0 Å². The second-order valence-corrected chi connectivity index (χ2v) is 10.7. The molecule has 4 aromatic carbocycles. The third-order valence-corrected chi connectivity index (χ3v) is 9.64. The number of hydrogen-bond acceptors (Lipinski definition) is 0. The van der Waals surface area contributed by atoms with E-state index in [2.05, 4.69) is 116 Å². The van der Waals surface area contributed by atoms with E-state index in [1.54, 1.807) is 0 Å². The lowest BCUT2D eigenvalue weighted by molar-refractivity contribution is 1.62. The minimum atomic E-state index is -2.01. The van der Waals surface area contributed by atoms with Crippen molar-refractivity contribution >= 4 is 23.2 Å². The van der Waals surface area contributed by atoms with E-state index in [9.17, 15) is 0 Å². The zero-order valence-corrected chi connectivity index (χ0v) is 18.0. The Morgan fingerprint density at radius 2 is 0.933 bits per heavy atom. The van der Waals surface area contributed by atoms with Gasteiger partial charge in [0.25, 0.3) is 0 Å². The fourth-order valence-corrected chi connectivity index (χ4v) is 8.09. The van der Waals surface area contributed by atoms with Crippen molar-refractivity contribution < 1.29 is 0 Å². The van der Waals surface area contributed by atoms with Gasteiger partial charge in [-0.05, 0) is 55.5 Å². The molecule has 0 bridgehead atoms. The van der Waals surface area contributed by atoms with Gasteiger partial charge in [-0.2, -0.15) is 0 Å². The first kappa shape index (κ1) is 19.9. The molecule has 0 fully saturated rings. The molecule has 4 aromatic rings. The smallest absolute Gasteiger partial charge is 0.0658 e. The quantitative estimate of drug-likeness (QED) is 0.292. The van der Waals surface area contributed by atoms with Crippen LogP contribution in [0.2, 0.25) is 0 Å². The van der Waals surface area contributed by atoms with Crippen molar-refractivity contribution in [2.75, 3.05) is 0 Å². The van der Waals surface area contributed by atoms with Crippen LogP contribution in [0.1, 0.15) is 12.5 Å². The van der Waals surface area contributed by atoms with Crippen LogP contribution in [0, 0.1) is 11.8 Å². The molecule has 30 heavy (non-hydrogen) atoms. The molecule has 0 heterocycles. The molecule has 0 aliphatic carbocycles. The summed E-state index contributed by atoms with van der Waals surface area (Å²) in [6.07, 6.45) is 2.12. The maximum Gasteiger partial charge on any atom is 0.140 e. The third-order valence-electron chi connectivity index (χ3n) is 5.23. The Morgan fingerprint density at radius 1 is 0.567 bits per heavy atom. The Kier molecular flexibility index (Phi) is 6.24. The minimum absolute atomic E-state index is 1.03. The third kappa shape index (κ3) is 3.99. The van der Waals surface area contributed by atoms with Crippen LogP contribution in [-0.2, 0) is 0 Å². The molecule has 0 radical (unpaired) electrons. The van der Waals surface area contributed by atoms with E-state index in [4.69, 9.17) is 0 Å². The summed E-state index contributed by atoms with van der Waals surface area (Å²) in [5.74, 6) is 6.63. The largest absolute Gasteiger partial charge is 0.140 e. The van der Waals surface area contributed by atoms with Crippen molar-refractivity contribution in [3.8, 4) is 11.8 Å². The summed E-state index contributed by atoms with van der Waals surface area (Å²) in [7, 11) is -2.01. The first-order valence-electron chi connectivity index (χ1n) is 10.1. The van der Waals surface area contributed by atoms with E-state index in [1.165, 1.54) is 21.2 Å². The van der Waals surface area contributed by atoms with Gasteiger partial charge >= 0.3 is 0 Å². The molecular formula is C29H24P+. The predicted octanol–water partition coefficient (Wildman–Crippen LogP) is 5.94. The molecule has 0 saturated carbocycles.